The molecule has 0 unspecified atom stereocenters. The lowest BCUT2D eigenvalue weighted by Gasteiger charge is -2.10. The fourth-order valence-corrected chi connectivity index (χ4v) is 3.63. The van der Waals surface area contributed by atoms with E-state index in [0.717, 1.165) is 11.3 Å². The minimum Gasteiger partial charge on any atom is -0.352 e. The number of aromatic amines is 1. The smallest absolute Gasteiger partial charge is 0.352 e. The molecule has 4 rings (SSSR count). The summed E-state index contributed by atoms with van der Waals surface area (Å²) in [4.78, 5) is 27.5. The first-order valence-corrected chi connectivity index (χ1v) is 10.2. The van der Waals surface area contributed by atoms with Gasteiger partial charge < -0.3 is 15.6 Å². The van der Waals surface area contributed by atoms with Crippen molar-refractivity contribution >= 4 is 28.6 Å². The number of hydrogen-bond donors (Lipinski definition) is 3. The van der Waals surface area contributed by atoms with Crippen LogP contribution in [-0.2, 0) is 12.6 Å². The van der Waals surface area contributed by atoms with Gasteiger partial charge in [-0.2, -0.15) is 13.2 Å². The minimum absolute atomic E-state index is 0.0173. The van der Waals surface area contributed by atoms with E-state index < -0.39 is 17.8 Å². The van der Waals surface area contributed by atoms with Crippen LogP contribution in [-0.4, -0.2) is 32.4 Å². The topological polar surface area (TPSA) is 95.6 Å². The number of carbonyl (C=O) groups excluding carboxylic acids is 1. The summed E-state index contributed by atoms with van der Waals surface area (Å²) in [7, 11) is 0. The van der Waals surface area contributed by atoms with Crippen LogP contribution < -0.4 is 10.6 Å². The molecule has 0 aliphatic heterocycles. The number of aryl methyl sites for hydroxylation is 2. The normalized spacial score (nSPS) is 11.5. The Morgan fingerprint density at radius 1 is 1.09 bits per heavy atom. The van der Waals surface area contributed by atoms with E-state index in [9.17, 15) is 18.0 Å². The zero-order valence-corrected chi connectivity index (χ0v) is 17.9. The summed E-state index contributed by atoms with van der Waals surface area (Å²) >= 11 is 0. The van der Waals surface area contributed by atoms with Gasteiger partial charge in [-0.1, -0.05) is 18.2 Å². The Bertz CT molecular complexity index is 1280. The molecule has 0 atom stereocenters. The number of halogens is 3. The third-order valence-corrected chi connectivity index (χ3v) is 5.01. The summed E-state index contributed by atoms with van der Waals surface area (Å²) in [6.07, 6.45) is -1.80. The maximum atomic E-state index is 13.4. The zero-order chi connectivity index (χ0) is 23.6. The van der Waals surface area contributed by atoms with E-state index in [-0.39, 0.29) is 30.0 Å². The first-order chi connectivity index (χ1) is 15.7. The van der Waals surface area contributed by atoms with E-state index in [1.54, 1.807) is 24.3 Å². The Labute approximate surface area is 187 Å². The van der Waals surface area contributed by atoms with Gasteiger partial charge in [0.1, 0.15) is 11.5 Å². The van der Waals surface area contributed by atoms with Crippen molar-refractivity contribution in [3.8, 4) is 0 Å². The van der Waals surface area contributed by atoms with Crippen molar-refractivity contribution in [2.45, 2.75) is 26.4 Å². The summed E-state index contributed by atoms with van der Waals surface area (Å²) in [5, 5.41) is 6.09. The Morgan fingerprint density at radius 2 is 1.82 bits per heavy atom. The number of alkyl halides is 3. The minimum atomic E-state index is -4.51. The van der Waals surface area contributed by atoms with Gasteiger partial charge in [-0.25, -0.2) is 15.0 Å². The molecule has 33 heavy (non-hydrogen) atoms. The molecule has 0 aliphatic rings. The molecule has 0 bridgehead atoms. The average molecular weight is 454 g/mol. The average Bonchev–Trinajstić information content (AvgIpc) is 3.13. The van der Waals surface area contributed by atoms with Crippen LogP contribution in [0.15, 0.2) is 48.8 Å². The lowest BCUT2D eigenvalue weighted by molar-refractivity contribution is -0.141. The van der Waals surface area contributed by atoms with Gasteiger partial charge in [0.05, 0.1) is 5.56 Å². The number of benzene rings is 1. The molecule has 3 aromatic heterocycles. The molecule has 3 N–H and O–H groups in total. The maximum absolute atomic E-state index is 13.4. The summed E-state index contributed by atoms with van der Waals surface area (Å²) in [5.74, 6) is 0.390. The predicted octanol–water partition coefficient (Wildman–Crippen LogP) is 4.70. The molecule has 0 saturated heterocycles. The van der Waals surface area contributed by atoms with E-state index in [0.29, 0.717) is 16.7 Å². The highest BCUT2D eigenvalue weighted by molar-refractivity contribution is 5.93. The number of H-pyrrole nitrogens is 1. The molecule has 3 heterocycles. The van der Waals surface area contributed by atoms with Crippen LogP contribution in [0.3, 0.4) is 0 Å². The number of para-hydroxylation sites is 1. The first kappa shape index (κ1) is 22.3. The number of carbonyl (C=O) groups is 1. The second-order valence-electron chi connectivity index (χ2n) is 7.62. The summed E-state index contributed by atoms with van der Waals surface area (Å²) in [6.45, 7) is 3.85. The van der Waals surface area contributed by atoms with Gasteiger partial charge in [-0.15, -0.1) is 0 Å². The SMILES string of the molecule is Cc1cc(C)nc(Nc2ncc(C(=O)NCCc3c(C(F)(F)F)[nH]c4ccccc34)cn2)c1. The van der Waals surface area contributed by atoms with Crippen LogP contribution in [0.4, 0.5) is 24.9 Å². The van der Waals surface area contributed by atoms with Gasteiger partial charge in [0.25, 0.3) is 5.91 Å². The van der Waals surface area contributed by atoms with Gasteiger partial charge in [-0.3, -0.25) is 4.79 Å². The fourth-order valence-electron chi connectivity index (χ4n) is 3.63. The molecule has 0 aliphatic carbocycles. The van der Waals surface area contributed by atoms with Gasteiger partial charge in [0.15, 0.2) is 0 Å². The fraction of sp³-hybridized carbons (Fsp3) is 0.217. The van der Waals surface area contributed by atoms with Crippen molar-refractivity contribution in [3.63, 3.8) is 0 Å². The third kappa shape index (κ3) is 5.11. The van der Waals surface area contributed by atoms with Crippen molar-refractivity contribution in [2.75, 3.05) is 11.9 Å². The summed E-state index contributed by atoms with van der Waals surface area (Å²) in [5.41, 5.74) is 1.80. The molecular weight excluding hydrogens is 433 g/mol. The van der Waals surface area contributed by atoms with Crippen molar-refractivity contribution in [1.29, 1.82) is 0 Å². The van der Waals surface area contributed by atoms with Gasteiger partial charge in [-0.05, 0) is 49.6 Å². The van der Waals surface area contributed by atoms with Crippen molar-refractivity contribution in [1.82, 2.24) is 25.3 Å². The number of aromatic nitrogens is 4. The number of hydrogen-bond acceptors (Lipinski definition) is 5. The number of anilines is 2. The van der Waals surface area contributed by atoms with E-state index in [1.807, 2.05) is 26.0 Å². The van der Waals surface area contributed by atoms with Crippen LogP contribution in [0.5, 0.6) is 0 Å². The van der Waals surface area contributed by atoms with E-state index in [2.05, 4.69) is 30.6 Å². The van der Waals surface area contributed by atoms with Crippen LogP contribution in [0, 0.1) is 13.8 Å². The second kappa shape index (κ2) is 8.89. The van der Waals surface area contributed by atoms with Crippen LogP contribution in [0.1, 0.15) is 32.9 Å². The molecule has 10 heteroatoms. The van der Waals surface area contributed by atoms with Crippen molar-refractivity contribution in [2.24, 2.45) is 0 Å². The van der Waals surface area contributed by atoms with Crippen LogP contribution in [0.25, 0.3) is 10.9 Å². The largest absolute Gasteiger partial charge is 0.431 e. The number of amides is 1. The maximum Gasteiger partial charge on any atom is 0.431 e. The Balaban J connectivity index is 1.41. The van der Waals surface area contributed by atoms with E-state index >= 15 is 0 Å². The lowest BCUT2D eigenvalue weighted by atomic mass is 10.1. The predicted molar refractivity (Wildman–Crippen MR) is 118 cm³/mol. The number of pyridine rings is 1. The second-order valence-corrected chi connectivity index (χ2v) is 7.62. The molecule has 0 spiro atoms. The molecule has 7 nitrogen and oxygen atoms in total. The quantitative estimate of drug-likeness (QED) is 0.392. The zero-order valence-electron chi connectivity index (χ0n) is 17.9. The highest BCUT2D eigenvalue weighted by atomic mass is 19.4. The van der Waals surface area contributed by atoms with Gasteiger partial charge in [0.2, 0.25) is 5.95 Å². The molecule has 0 radical (unpaired) electrons. The molecule has 0 saturated carbocycles. The Morgan fingerprint density at radius 3 is 2.52 bits per heavy atom. The molecule has 4 aromatic rings. The standard InChI is InChI=1S/C23H21F3N6O/c1-13-9-14(2)30-19(10-13)32-22-28-11-15(12-29-22)21(33)27-8-7-17-16-5-3-4-6-18(16)31-20(17)23(24,25)26/h3-6,9-12,31H,7-8H2,1-2H3,(H,27,33)(H,28,29,30,32). The highest BCUT2D eigenvalue weighted by Gasteiger charge is 2.36. The Hall–Kier alpha value is -3.95. The molecule has 1 amide bonds. The van der Waals surface area contributed by atoms with Crippen molar-refractivity contribution < 1.29 is 18.0 Å². The first-order valence-electron chi connectivity index (χ1n) is 10.2. The van der Waals surface area contributed by atoms with Crippen LogP contribution in [0.2, 0.25) is 0 Å². The molecular formula is C23H21F3N6O. The molecule has 0 fully saturated rings. The van der Waals surface area contributed by atoms with Crippen molar-refractivity contribution in [3.05, 3.63) is 76.9 Å². The van der Waals surface area contributed by atoms with E-state index in [1.165, 1.54) is 12.4 Å². The molecule has 1 aromatic carbocycles. The van der Waals surface area contributed by atoms with Gasteiger partial charge in [0, 0.05) is 35.5 Å². The summed E-state index contributed by atoms with van der Waals surface area (Å²) < 4.78 is 40.3. The monoisotopic (exact) mass is 454 g/mol. The highest BCUT2D eigenvalue weighted by Crippen LogP contribution is 2.35. The number of nitrogens with one attached hydrogen (secondary N) is 3. The Kier molecular flexibility index (Phi) is 5.99. The number of nitrogens with zero attached hydrogens (tertiary/aromatic N) is 3. The van der Waals surface area contributed by atoms with Gasteiger partial charge >= 0.3 is 6.18 Å². The third-order valence-electron chi connectivity index (χ3n) is 5.01. The van der Waals surface area contributed by atoms with E-state index in [4.69, 9.17) is 0 Å². The molecule has 170 valence electrons. The lowest BCUT2D eigenvalue weighted by Crippen LogP contribution is -2.26. The van der Waals surface area contributed by atoms with Crippen LogP contribution >= 0.6 is 0 Å². The number of fused-ring (bicyclic) bond motifs is 1. The summed E-state index contributed by atoms with van der Waals surface area (Å²) in [6, 6.07) is 10.3. The number of rotatable bonds is 6.